The second-order valence-corrected chi connectivity index (χ2v) is 4.05. The van der Waals surface area contributed by atoms with Gasteiger partial charge in [-0.15, -0.1) is 0 Å². The third-order valence-corrected chi connectivity index (χ3v) is 3.06. The molecule has 0 radical (unpaired) electrons. The quantitative estimate of drug-likeness (QED) is 0.732. The first kappa shape index (κ1) is 12.9. The van der Waals surface area contributed by atoms with Crippen molar-refractivity contribution in [3.63, 3.8) is 0 Å². The fourth-order valence-electron chi connectivity index (χ4n) is 2.10. The normalized spacial score (nSPS) is 20.2. The van der Waals surface area contributed by atoms with Gasteiger partial charge in [0.2, 0.25) is 0 Å². The van der Waals surface area contributed by atoms with Gasteiger partial charge in [0.1, 0.15) is 6.04 Å². The molecule has 5 heteroatoms. The third-order valence-electron chi connectivity index (χ3n) is 3.06. The first-order valence-electron chi connectivity index (χ1n) is 5.75. The summed E-state index contributed by atoms with van der Waals surface area (Å²) in [4.78, 5) is 15.2. The number of carboxylic acid groups (broad SMARTS) is 1. The summed E-state index contributed by atoms with van der Waals surface area (Å²) in [5.41, 5.74) is 0. The fraction of sp³-hybridized carbons (Fsp3) is 0.818. The number of nitriles is 1. The summed E-state index contributed by atoms with van der Waals surface area (Å²) in [7, 11) is 0. The Bertz CT molecular complexity index is 267. The Morgan fingerprint density at radius 1 is 1.44 bits per heavy atom. The van der Waals surface area contributed by atoms with E-state index >= 15 is 0 Å². The van der Waals surface area contributed by atoms with Gasteiger partial charge in [0.05, 0.1) is 6.07 Å². The largest absolute Gasteiger partial charge is 0.480 e. The number of aliphatic carboxylic acids is 1. The van der Waals surface area contributed by atoms with Crippen LogP contribution >= 0.6 is 0 Å². The van der Waals surface area contributed by atoms with E-state index in [-0.39, 0.29) is 6.04 Å². The van der Waals surface area contributed by atoms with Crippen LogP contribution in [0.4, 0.5) is 0 Å². The van der Waals surface area contributed by atoms with Gasteiger partial charge in [-0.2, -0.15) is 5.26 Å². The Kier molecular flexibility index (Phi) is 5.23. The van der Waals surface area contributed by atoms with Crippen LogP contribution in [0.5, 0.6) is 0 Å². The summed E-state index contributed by atoms with van der Waals surface area (Å²) in [5.74, 6) is -0.729. The molecule has 1 heterocycles. The van der Waals surface area contributed by atoms with E-state index in [1.165, 1.54) is 0 Å². The Balaban J connectivity index is 2.36. The van der Waals surface area contributed by atoms with Crippen molar-refractivity contribution < 1.29 is 9.90 Å². The number of carbonyl (C=O) groups is 1. The minimum Gasteiger partial charge on any atom is -0.480 e. The minimum atomic E-state index is -0.729. The summed E-state index contributed by atoms with van der Waals surface area (Å²) >= 11 is 0. The molecule has 1 fully saturated rings. The second-order valence-electron chi connectivity index (χ2n) is 4.05. The van der Waals surface area contributed by atoms with E-state index in [0.717, 1.165) is 32.7 Å². The molecule has 1 aliphatic rings. The molecular weight excluding hydrogens is 206 g/mol. The Hall–Kier alpha value is -1.12. The van der Waals surface area contributed by atoms with Gasteiger partial charge < -0.3 is 5.11 Å². The van der Waals surface area contributed by atoms with Gasteiger partial charge in [-0.05, 0) is 6.42 Å². The van der Waals surface area contributed by atoms with Crippen LogP contribution in [0.15, 0.2) is 0 Å². The molecule has 0 spiro atoms. The zero-order chi connectivity index (χ0) is 12.0. The maximum atomic E-state index is 11.0. The first-order valence-corrected chi connectivity index (χ1v) is 5.75. The van der Waals surface area contributed by atoms with Crippen molar-refractivity contribution in [1.82, 2.24) is 9.80 Å². The van der Waals surface area contributed by atoms with E-state index in [1.54, 1.807) is 0 Å². The summed E-state index contributed by atoms with van der Waals surface area (Å²) in [5, 5.41) is 17.5. The molecule has 5 nitrogen and oxygen atoms in total. The molecule has 1 unspecified atom stereocenters. The molecule has 0 aromatic carbocycles. The van der Waals surface area contributed by atoms with E-state index in [9.17, 15) is 4.79 Å². The zero-order valence-corrected chi connectivity index (χ0v) is 9.72. The van der Waals surface area contributed by atoms with Crippen molar-refractivity contribution in [1.29, 1.82) is 5.26 Å². The van der Waals surface area contributed by atoms with E-state index < -0.39 is 5.97 Å². The molecular formula is C11H19N3O2. The lowest BCUT2D eigenvalue weighted by atomic mass is 10.1. The van der Waals surface area contributed by atoms with Gasteiger partial charge >= 0.3 is 5.97 Å². The monoisotopic (exact) mass is 225 g/mol. The molecule has 16 heavy (non-hydrogen) atoms. The van der Waals surface area contributed by atoms with Crippen molar-refractivity contribution in [2.45, 2.75) is 25.8 Å². The van der Waals surface area contributed by atoms with Crippen molar-refractivity contribution >= 4 is 5.97 Å². The highest BCUT2D eigenvalue weighted by atomic mass is 16.4. The molecule has 0 aliphatic carbocycles. The van der Waals surface area contributed by atoms with E-state index in [0.29, 0.717) is 12.8 Å². The maximum Gasteiger partial charge on any atom is 0.320 e. The van der Waals surface area contributed by atoms with Crippen LogP contribution in [0.3, 0.4) is 0 Å². The van der Waals surface area contributed by atoms with Crippen LogP contribution in [0.25, 0.3) is 0 Å². The fourth-order valence-corrected chi connectivity index (χ4v) is 2.10. The molecule has 1 N–H and O–H groups in total. The van der Waals surface area contributed by atoms with Gasteiger partial charge in [-0.1, -0.05) is 6.92 Å². The van der Waals surface area contributed by atoms with Crippen molar-refractivity contribution in [2.75, 3.05) is 32.7 Å². The zero-order valence-electron chi connectivity index (χ0n) is 9.72. The lowest BCUT2D eigenvalue weighted by Gasteiger charge is -2.37. The van der Waals surface area contributed by atoms with Crippen LogP contribution in [-0.4, -0.2) is 59.6 Å². The summed E-state index contributed by atoms with van der Waals surface area (Å²) in [6.45, 7) is 6.01. The number of rotatable bonds is 5. The molecule has 1 rings (SSSR count). The molecule has 90 valence electrons. The predicted molar refractivity (Wildman–Crippen MR) is 60.0 cm³/mol. The molecule has 0 saturated carbocycles. The van der Waals surface area contributed by atoms with E-state index in [1.807, 2.05) is 11.8 Å². The van der Waals surface area contributed by atoms with E-state index in [2.05, 4.69) is 11.0 Å². The summed E-state index contributed by atoms with van der Waals surface area (Å²) < 4.78 is 0. The molecule has 0 aromatic heterocycles. The Labute approximate surface area is 96.3 Å². The topological polar surface area (TPSA) is 67.6 Å². The highest BCUT2D eigenvalue weighted by Crippen LogP contribution is 2.09. The number of nitrogens with zero attached hydrogens (tertiary/aromatic N) is 3. The SMILES string of the molecule is CCC(C(=O)O)N1CCN(CCC#N)CC1. The van der Waals surface area contributed by atoms with Crippen LogP contribution < -0.4 is 0 Å². The molecule has 0 bridgehead atoms. The van der Waals surface area contributed by atoms with Crippen molar-refractivity contribution in [3.8, 4) is 6.07 Å². The lowest BCUT2D eigenvalue weighted by Crippen LogP contribution is -2.52. The van der Waals surface area contributed by atoms with Gasteiger partial charge in [0, 0.05) is 39.1 Å². The summed E-state index contributed by atoms with van der Waals surface area (Å²) in [6, 6.07) is 1.78. The number of carboxylic acids is 1. The summed E-state index contributed by atoms with van der Waals surface area (Å²) in [6.07, 6.45) is 1.20. The average molecular weight is 225 g/mol. The highest BCUT2D eigenvalue weighted by Gasteiger charge is 2.26. The first-order chi connectivity index (χ1) is 7.69. The standard InChI is InChI=1S/C11H19N3O2/c1-2-10(11(15)16)14-8-6-13(7-9-14)5-3-4-12/h10H,2-3,5-9H2,1H3,(H,15,16). The lowest BCUT2D eigenvalue weighted by molar-refractivity contribution is -0.144. The Morgan fingerprint density at radius 3 is 2.50 bits per heavy atom. The molecule has 1 atom stereocenters. The van der Waals surface area contributed by atoms with Crippen LogP contribution in [-0.2, 0) is 4.79 Å². The van der Waals surface area contributed by atoms with Gasteiger partial charge in [0.25, 0.3) is 0 Å². The Morgan fingerprint density at radius 2 is 2.06 bits per heavy atom. The predicted octanol–water partition coefficient (Wildman–Crippen LogP) is 0.381. The van der Waals surface area contributed by atoms with Crippen LogP contribution in [0, 0.1) is 11.3 Å². The van der Waals surface area contributed by atoms with Gasteiger partial charge in [-0.3, -0.25) is 14.6 Å². The third kappa shape index (κ3) is 3.47. The smallest absolute Gasteiger partial charge is 0.320 e. The van der Waals surface area contributed by atoms with Crippen LogP contribution in [0.2, 0.25) is 0 Å². The molecule has 0 amide bonds. The van der Waals surface area contributed by atoms with Crippen molar-refractivity contribution in [3.05, 3.63) is 0 Å². The minimum absolute atomic E-state index is 0.349. The molecule has 1 saturated heterocycles. The highest BCUT2D eigenvalue weighted by molar-refractivity contribution is 5.73. The van der Waals surface area contributed by atoms with Gasteiger partial charge in [-0.25, -0.2) is 0 Å². The van der Waals surface area contributed by atoms with Crippen LogP contribution in [0.1, 0.15) is 19.8 Å². The number of hydrogen-bond donors (Lipinski definition) is 1. The maximum absolute atomic E-state index is 11.0. The van der Waals surface area contributed by atoms with E-state index in [4.69, 9.17) is 10.4 Å². The molecule has 1 aliphatic heterocycles. The average Bonchev–Trinajstić information content (AvgIpc) is 2.28. The second kappa shape index (κ2) is 6.46. The number of hydrogen-bond acceptors (Lipinski definition) is 4. The van der Waals surface area contributed by atoms with Crippen molar-refractivity contribution in [2.24, 2.45) is 0 Å². The molecule has 0 aromatic rings. The van der Waals surface area contributed by atoms with Gasteiger partial charge in [0.15, 0.2) is 0 Å². The number of piperazine rings is 1.